The van der Waals surface area contributed by atoms with Gasteiger partial charge >= 0.3 is 0 Å². The van der Waals surface area contributed by atoms with Gasteiger partial charge in [-0.3, -0.25) is 4.79 Å². The van der Waals surface area contributed by atoms with Crippen molar-refractivity contribution >= 4 is 11.6 Å². The Hall–Kier alpha value is -1.42. The monoisotopic (exact) mass is 262 g/mol. The van der Waals surface area contributed by atoms with Gasteiger partial charge in [0.15, 0.2) is 0 Å². The normalized spacial score (nSPS) is 22.7. The fraction of sp³-hybridized carbons (Fsp3) is 0.533. The highest BCUT2D eigenvalue weighted by atomic mass is 19.1. The summed E-state index contributed by atoms with van der Waals surface area (Å²) in [5.74, 6) is -0.174. The van der Waals surface area contributed by atoms with Crippen molar-refractivity contribution in [2.75, 3.05) is 18.0 Å². The van der Waals surface area contributed by atoms with Crippen LogP contribution in [0.25, 0.3) is 0 Å². The number of hydrogen-bond acceptors (Lipinski definition) is 2. The number of fused-ring (bicyclic) bond motifs is 1. The summed E-state index contributed by atoms with van der Waals surface area (Å²) in [7, 11) is 0. The van der Waals surface area contributed by atoms with Crippen LogP contribution in [0.2, 0.25) is 0 Å². The Morgan fingerprint density at radius 1 is 1.32 bits per heavy atom. The molecule has 2 aliphatic heterocycles. The molecule has 0 radical (unpaired) electrons. The molecule has 1 fully saturated rings. The van der Waals surface area contributed by atoms with E-state index >= 15 is 0 Å². The Morgan fingerprint density at radius 2 is 2.00 bits per heavy atom. The lowest BCUT2D eigenvalue weighted by Gasteiger charge is -2.33. The van der Waals surface area contributed by atoms with E-state index in [-0.39, 0.29) is 17.8 Å². The number of amides is 1. The van der Waals surface area contributed by atoms with Gasteiger partial charge in [-0.25, -0.2) is 4.39 Å². The molecular formula is C15H19FN2O. The lowest BCUT2D eigenvalue weighted by atomic mass is 9.86. The topological polar surface area (TPSA) is 32.3 Å². The third kappa shape index (κ3) is 1.86. The number of carbonyl (C=O) groups is 1. The van der Waals surface area contributed by atoms with Gasteiger partial charge in [-0.1, -0.05) is 0 Å². The lowest BCUT2D eigenvalue weighted by molar-refractivity contribution is -0.122. The van der Waals surface area contributed by atoms with Crippen LogP contribution < -0.4 is 10.2 Å². The van der Waals surface area contributed by atoms with Crippen LogP contribution in [0.4, 0.5) is 10.1 Å². The molecule has 1 N–H and O–H groups in total. The second-order valence-corrected chi connectivity index (χ2v) is 5.94. The maximum absolute atomic E-state index is 13.5. The number of halogens is 1. The highest BCUT2D eigenvalue weighted by molar-refractivity contribution is 6.08. The van der Waals surface area contributed by atoms with E-state index in [9.17, 15) is 9.18 Å². The van der Waals surface area contributed by atoms with E-state index in [1.807, 2.05) is 18.7 Å². The van der Waals surface area contributed by atoms with Gasteiger partial charge in [0.05, 0.1) is 5.41 Å². The molecule has 3 rings (SSSR count). The Balaban J connectivity index is 2.05. The van der Waals surface area contributed by atoms with Crippen LogP contribution in [0.1, 0.15) is 32.3 Å². The van der Waals surface area contributed by atoms with Crippen LogP contribution in [0.3, 0.4) is 0 Å². The molecule has 3 nitrogen and oxygen atoms in total. The summed E-state index contributed by atoms with van der Waals surface area (Å²) >= 11 is 0. The number of benzene rings is 1. The number of rotatable bonds is 1. The first kappa shape index (κ1) is 12.6. The molecule has 4 heteroatoms. The highest BCUT2D eigenvalue weighted by Gasteiger charge is 2.46. The van der Waals surface area contributed by atoms with Crippen LogP contribution in [0.5, 0.6) is 0 Å². The number of anilines is 1. The van der Waals surface area contributed by atoms with E-state index in [2.05, 4.69) is 5.32 Å². The number of piperidine rings is 1. The smallest absolute Gasteiger partial charge is 0.237 e. The summed E-state index contributed by atoms with van der Waals surface area (Å²) in [6, 6.07) is 4.94. The van der Waals surface area contributed by atoms with Crippen molar-refractivity contribution in [3.63, 3.8) is 0 Å². The molecule has 1 aromatic rings. The van der Waals surface area contributed by atoms with Crippen molar-refractivity contribution in [2.45, 2.75) is 38.1 Å². The molecule has 1 amide bonds. The number of nitrogens with zero attached hydrogens (tertiary/aromatic N) is 1. The summed E-state index contributed by atoms with van der Waals surface area (Å²) in [6.07, 6.45) is 1.91. The molecule has 102 valence electrons. The molecule has 0 saturated carbocycles. The molecule has 0 unspecified atom stereocenters. The molecule has 0 aromatic heterocycles. The van der Waals surface area contributed by atoms with Gasteiger partial charge in [0, 0.05) is 11.7 Å². The molecule has 0 aliphatic carbocycles. The summed E-state index contributed by atoms with van der Waals surface area (Å²) < 4.78 is 13.5. The van der Waals surface area contributed by atoms with Gasteiger partial charge in [0.1, 0.15) is 5.82 Å². The highest BCUT2D eigenvalue weighted by Crippen LogP contribution is 2.43. The molecule has 1 saturated heterocycles. The van der Waals surface area contributed by atoms with E-state index < -0.39 is 5.41 Å². The fourth-order valence-electron chi connectivity index (χ4n) is 3.17. The van der Waals surface area contributed by atoms with Crippen LogP contribution in [-0.4, -0.2) is 25.0 Å². The Morgan fingerprint density at radius 3 is 2.68 bits per heavy atom. The maximum Gasteiger partial charge on any atom is 0.237 e. The number of carbonyl (C=O) groups excluding carboxylic acids is 1. The average Bonchev–Trinajstić information content (AvgIpc) is 2.59. The van der Waals surface area contributed by atoms with Gasteiger partial charge in [-0.2, -0.15) is 0 Å². The van der Waals surface area contributed by atoms with Gasteiger partial charge in [0.2, 0.25) is 5.91 Å². The van der Waals surface area contributed by atoms with Crippen LogP contribution in [0, 0.1) is 5.82 Å². The number of hydrogen-bond donors (Lipinski definition) is 1. The van der Waals surface area contributed by atoms with E-state index in [1.54, 1.807) is 6.07 Å². The first-order valence-corrected chi connectivity index (χ1v) is 6.86. The predicted octanol–water partition coefficient (Wildman–Crippen LogP) is 2.20. The minimum atomic E-state index is -0.623. The van der Waals surface area contributed by atoms with Crippen LogP contribution >= 0.6 is 0 Å². The van der Waals surface area contributed by atoms with Crippen LogP contribution in [0.15, 0.2) is 18.2 Å². The van der Waals surface area contributed by atoms with E-state index in [0.717, 1.165) is 37.2 Å². The van der Waals surface area contributed by atoms with Gasteiger partial charge < -0.3 is 10.2 Å². The van der Waals surface area contributed by atoms with Crippen molar-refractivity contribution in [3.8, 4) is 0 Å². The first-order chi connectivity index (χ1) is 9.01. The Labute approximate surface area is 112 Å². The van der Waals surface area contributed by atoms with Gasteiger partial charge in [-0.05, 0) is 63.5 Å². The zero-order valence-corrected chi connectivity index (χ0v) is 11.4. The Bertz CT molecular complexity index is 521. The van der Waals surface area contributed by atoms with Gasteiger partial charge in [0.25, 0.3) is 0 Å². The standard InChI is InChI=1S/C15H19FN2O/c1-15(2)12-9-10(16)3-4-13(12)18(14(15)19)11-5-7-17-8-6-11/h3-4,9,11,17H,5-8H2,1-2H3. The third-order valence-corrected chi connectivity index (χ3v) is 4.32. The predicted molar refractivity (Wildman–Crippen MR) is 72.8 cm³/mol. The molecule has 0 spiro atoms. The second kappa shape index (κ2) is 4.30. The van der Waals surface area contributed by atoms with Crippen molar-refractivity contribution in [1.29, 1.82) is 0 Å². The molecule has 2 heterocycles. The van der Waals surface area contributed by atoms with Crippen molar-refractivity contribution in [1.82, 2.24) is 5.32 Å². The zero-order valence-electron chi connectivity index (χ0n) is 11.4. The molecule has 1 aromatic carbocycles. The molecule has 0 atom stereocenters. The molecule has 2 aliphatic rings. The minimum Gasteiger partial charge on any atom is -0.317 e. The SMILES string of the molecule is CC1(C)C(=O)N(C2CCNCC2)c2ccc(F)cc21. The zero-order chi connectivity index (χ0) is 13.6. The molecular weight excluding hydrogens is 243 g/mol. The third-order valence-electron chi connectivity index (χ3n) is 4.32. The summed E-state index contributed by atoms with van der Waals surface area (Å²) in [4.78, 5) is 14.6. The van der Waals surface area contributed by atoms with E-state index in [4.69, 9.17) is 0 Å². The summed E-state index contributed by atoms with van der Waals surface area (Å²) in [5, 5.41) is 3.31. The molecule has 19 heavy (non-hydrogen) atoms. The van der Waals surface area contributed by atoms with E-state index in [1.165, 1.54) is 12.1 Å². The number of nitrogens with one attached hydrogen (secondary N) is 1. The summed E-state index contributed by atoms with van der Waals surface area (Å²) in [6.45, 7) is 5.64. The molecule has 0 bridgehead atoms. The second-order valence-electron chi connectivity index (χ2n) is 5.94. The van der Waals surface area contributed by atoms with E-state index in [0.29, 0.717) is 0 Å². The minimum absolute atomic E-state index is 0.0972. The van der Waals surface area contributed by atoms with Crippen molar-refractivity contribution < 1.29 is 9.18 Å². The Kier molecular flexibility index (Phi) is 2.86. The fourth-order valence-corrected chi connectivity index (χ4v) is 3.17. The first-order valence-electron chi connectivity index (χ1n) is 6.86. The van der Waals surface area contributed by atoms with Gasteiger partial charge in [-0.15, -0.1) is 0 Å². The van der Waals surface area contributed by atoms with Crippen molar-refractivity contribution in [2.24, 2.45) is 0 Å². The quantitative estimate of drug-likeness (QED) is 0.841. The van der Waals surface area contributed by atoms with Crippen LogP contribution in [-0.2, 0) is 10.2 Å². The maximum atomic E-state index is 13.5. The largest absolute Gasteiger partial charge is 0.317 e. The summed E-state index contributed by atoms with van der Waals surface area (Å²) in [5.41, 5.74) is 1.09. The lowest BCUT2D eigenvalue weighted by Crippen LogP contribution is -2.47. The van der Waals surface area contributed by atoms with Crippen molar-refractivity contribution in [3.05, 3.63) is 29.6 Å². The average molecular weight is 262 g/mol.